The van der Waals surface area contributed by atoms with Crippen LogP contribution in [0.5, 0.6) is 5.75 Å². The summed E-state index contributed by atoms with van der Waals surface area (Å²) < 4.78 is 67.0. The number of halogens is 5. The molecule has 4 rings (SSSR count). The van der Waals surface area contributed by atoms with Crippen molar-refractivity contribution in [3.63, 3.8) is 0 Å². The first-order valence-electron chi connectivity index (χ1n) is 10.00. The van der Waals surface area contributed by atoms with Crippen LogP contribution in [-0.4, -0.2) is 32.3 Å². The maximum atomic E-state index is 13.4. The normalized spacial score (nSPS) is 19.3. The number of benzene rings is 1. The fraction of sp³-hybridized carbons (Fsp3) is 0.381. The van der Waals surface area contributed by atoms with Crippen molar-refractivity contribution in [2.45, 2.75) is 37.9 Å². The summed E-state index contributed by atoms with van der Waals surface area (Å²) in [7, 11) is 0. The number of phenolic OH excluding ortho intramolecular Hbond substituents is 1. The molecule has 1 aromatic carbocycles. The number of rotatable bonds is 4. The highest BCUT2D eigenvalue weighted by Crippen LogP contribution is 2.34. The molecule has 1 fully saturated rings. The molecule has 3 aromatic rings. The topological polar surface area (TPSA) is 80.0 Å². The van der Waals surface area contributed by atoms with Crippen LogP contribution in [0.3, 0.4) is 0 Å². The number of nitrogens with zero attached hydrogens (tertiary/aromatic N) is 3. The van der Waals surface area contributed by atoms with Gasteiger partial charge >= 0.3 is 6.18 Å². The van der Waals surface area contributed by atoms with Gasteiger partial charge in [-0.25, -0.2) is 13.8 Å². The van der Waals surface area contributed by atoms with E-state index in [1.54, 1.807) is 10.9 Å². The van der Waals surface area contributed by atoms with Crippen molar-refractivity contribution in [3.8, 4) is 5.75 Å². The fourth-order valence-electron chi connectivity index (χ4n) is 3.94. The predicted octanol–water partition coefficient (Wildman–Crippen LogP) is 4.60. The number of amides is 1. The predicted molar refractivity (Wildman–Crippen MR) is 104 cm³/mol. The van der Waals surface area contributed by atoms with Crippen LogP contribution in [0.1, 0.15) is 47.8 Å². The minimum Gasteiger partial charge on any atom is -0.503 e. The average molecular weight is 454 g/mol. The number of fused-ring (bicyclic) bond motifs is 1. The van der Waals surface area contributed by atoms with Gasteiger partial charge in [0.2, 0.25) is 0 Å². The molecule has 170 valence electrons. The average Bonchev–Trinajstić information content (AvgIpc) is 3.18. The molecule has 1 saturated carbocycles. The Hall–Kier alpha value is -3.24. The van der Waals surface area contributed by atoms with Gasteiger partial charge in [0.05, 0.1) is 12.2 Å². The van der Waals surface area contributed by atoms with Crippen LogP contribution >= 0.6 is 0 Å². The third-order valence-electron chi connectivity index (χ3n) is 5.72. The first kappa shape index (κ1) is 22.0. The molecule has 2 N–H and O–H groups in total. The van der Waals surface area contributed by atoms with Crippen LogP contribution in [-0.2, 0) is 6.18 Å². The minimum absolute atomic E-state index is 0.0176. The highest BCUT2D eigenvalue weighted by Gasteiger charge is 2.33. The summed E-state index contributed by atoms with van der Waals surface area (Å²) in [4.78, 5) is 15.6. The third-order valence-corrected chi connectivity index (χ3v) is 5.72. The van der Waals surface area contributed by atoms with Crippen molar-refractivity contribution >= 4 is 16.8 Å². The highest BCUT2D eigenvalue weighted by atomic mass is 19.4. The number of carbonyl (C=O) groups excluding carboxylic acids is 1. The zero-order valence-electron chi connectivity index (χ0n) is 16.7. The van der Waals surface area contributed by atoms with Gasteiger partial charge in [-0.2, -0.15) is 18.3 Å². The number of aromatic nitrogens is 3. The van der Waals surface area contributed by atoms with E-state index in [-0.39, 0.29) is 17.5 Å². The number of alkyl halides is 3. The maximum Gasteiger partial charge on any atom is 0.433 e. The lowest BCUT2D eigenvalue weighted by Crippen LogP contribution is -2.31. The molecule has 0 spiro atoms. The highest BCUT2D eigenvalue weighted by molar-refractivity contribution is 5.94. The molecule has 2 heterocycles. The van der Waals surface area contributed by atoms with E-state index in [9.17, 15) is 26.7 Å². The molecule has 0 saturated heterocycles. The summed E-state index contributed by atoms with van der Waals surface area (Å²) >= 11 is 0. The number of nitrogens with one attached hydrogen (secondary N) is 1. The summed E-state index contributed by atoms with van der Waals surface area (Å²) in [5, 5.41) is 16.5. The van der Waals surface area contributed by atoms with Gasteiger partial charge in [-0.15, -0.1) is 0 Å². The fourth-order valence-corrected chi connectivity index (χ4v) is 3.94. The van der Waals surface area contributed by atoms with Gasteiger partial charge in [0.15, 0.2) is 17.4 Å². The quantitative estimate of drug-likeness (QED) is 0.565. The first-order chi connectivity index (χ1) is 15.1. The molecule has 0 radical (unpaired) electrons. The van der Waals surface area contributed by atoms with E-state index in [1.165, 1.54) is 0 Å². The molecule has 0 bridgehead atoms. The number of carbonyl (C=O) groups is 1. The van der Waals surface area contributed by atoms with Crippen molar-refractivity contribution in [2.75, 3.05) is 6.54 Å². The molecule has 11 heteroatoms. The van der Waals surface area contributed by atoms with E-state index in [0.29, 0.717) is 17.4 Å². The Kier molecular flexibility index (Phi) is 5.74. The third kappa shape index (κ3) is 4.51. The van der Waals surface area contributed by atoms with Crippen LogP contribution < -0.4 is 5.32 Å². The van der Waals surface area contributed by atoms with Crippen molar-refractivity contribution < 1.29 is 31.9 Å². The Morgan fingerprint density at radius 2 is 1.78 bits per heavy atom. The van der Waals surface area contributed by atoms with Gasteiger partial charge in [-0.1, -0.05) is 0 Å². The molecule has 0 aliphatic heterocycles. The van der Waals surface area contributed by atoms with E-state index in [2.05, 4.69) is 15.4 Å². The van der Waals surface area contributed by atoms with Gasteiger partial charge in [0.25, 0.3) is 5.91 Å². The Balaban J connectivity index is 1.34. The van der Waals surface area contributed by atoms with Gasteiger partial charge in [0, 0.05) is 23.7 Å². The van der Waals surface area contributed by atoms with Crippen molar-refractivity contribution in [3.05, 3.63) is 53.5 Å². The second kappa shape index (κ2) is 8.36. The van der Waals surface area contributed by atoms with E-state index < -0.39 is 35.2 Å². The Morgan fingerprint density at radius 1 is 1.12 bits per heavy atom. The van der Waals surface area contributed by atoms with Gasteiger partial charge in [0.1, 0.15) is 11.2 Å². The molecule has 0 unspecified atom stereocenters. The van der Waals surface area contributed by atoms with Gasteiger partial charge in [-0.3, -0.25) is 9.48 Å². The van der Waals surface area contributed by atoms with Crippen LogP contribution in [0.4, 0.5) is 22.0 Å². The summed E-state index contributed by atoms with van der Waals surface area (Å²) in [6.07, 6.45) is 1.11. The summed E-state index contributed by atoms with van der Waals surface area (Å²) in [5.74, 6) is -4.04. The van der Waals surface area contributed by atoms with E-state index in [4.69, 9.17) is 5.11 Å². The number of hydrogen-bond acceptors (Lipinski definition) is 4. The zero-order chi connectivity index (χ0) is 23.0. The molecular weight excluding hydrogens is 435 g/mol. The standard InChI is InChI=1S/C21H19F5N4O2/c22-15-5-12(6-16(23)19(15)31)20(32)28-8-11-1-3-14(4-2-11)30-10-13-7-18(21(24,25)26)27-9-17(13)29-30/h5-7,9-11,14,31H,1-4,8H2,(H,28,32). The van der Waals surface area contributed by atoms with Crippen LogP contribution in [0, 0.1) is 17.6 Å². The lowest BCUT2D eigenvalue weighted by atomic mass is 9.86. The Morgan fingerprint density at radius 3 is 2.41 bits per heavy atom. The van der Waals surface area contributed by atoms with Crippen LogP contribution in [0.25, 0.3) is 10.9 Å². The molecule has 1 aliphatic carbocycles. The van der Waals surface area contributed by atoms with Crippen molar-refractivity contribution in [1.29, 1.82) is 0 Å². The number of pyridine rings is 1. The lowest BCUT2D eigenvalue weighted by molar-refractivity contribution is -0.141. The van der Waals surface area contributed by atoms with Gasteiger partial charge in [-0.05, 0) is 49.8 Å². The minimum atomic E-state index is -4.52. The summed E-state index contributed by atoms with van der Waals surface area (Å²) in [5.41, 5.74) is -0.792. The summed E-state index contributed by atoms with van der Waals surface area (Å²) in [6, 6.07) is 2.54. The molecule has 1 aliphatic rings. The lowest BCUT2D eigenvalue weighted by Gasteiger charge is -2.28. The summed E-state index contributed by atoms with van der Waals surface area (Å²) in [6.45, 7) is 0.315. The van der Waals surface area contributed by atoms with Crippen molar-refractivity contribution in [2.24, 2.45) is 5.92 Å². The molecule has 0 atom stereocenters. The smallest absolute Gasteiger partial charge is 0.433 e. The Bertz CT molecular complexity index is 1130. The monoisotopic (exact) mass is 454 g/mol. The van der Waals surface area contributed by atoms with Crippen LogP contribution in [0.2, 0.25) is 0 Å². The van der Waals surface area contributed by atoms with E-state index in [1.807, 2.05) is 0 Å². The number of phenols is 1. The molecule has 32 heavy (non-hydrogen) atoms. The Labute approximate surface area is 179 Å². The first-order valence-corrected chi connectivity index (χ1v) is 10.00. The molecule has 1 amide bonds. The molecular formula is C21H19F5N4O2. The molecule has 6 nitrogen and oxygen atoms in total. The maximum absolute atomic E-state index is 13.4. The second-order valence-corrected chi connectivity index (χ2v) is 7.91. The molecule has 2 aromatic heterocycles. The zero-order valence-corrected chi connectivity index (χ0v) is 16.7. The van der Waals surface area contributed by atoms with Gasteiger partial charge < -0.3 is 10.4 Å². The van der Waals surface area contributed by atoms with Crippen molar-refractivity contribution in [1.82, 2.24) is 20.1 Å². The van der Waals surface area contributed by atoms with E-state index >= 15 is 0 Å². The van der Waals surface area contributed by atoms with Crippen LogP contribution in [0.15, 0.2) is 30.6 Å². The SMILES string of the molecule is O=C(NCC1CCC(n2cc3cc(C(F)(F)F)ncc3n2)CC1)c1cc(F)c(O)c(F)c1. The largest absolute Gasteiger partial charge is 0.503 e. The second-order valence-electron chi connectivity index (χ2n) is 7.91. The number of aromatic hydroxyl groups is 1. The number of hydrogen-bond donors (Lipinski definition) is 2. The van der Waals surface area contributed by atoms with E-state index in [0.717, 1.165) is 50.1 Å².